The minimum Gasteiger partial charge on any atom is -0.472 e. The summed E-state index contributed by atoms with van der Waals surface area (Å²) in [4.78, 5) is 24.6. The van der Waals surface area contributed by atoms with Crippen LogP contribution in [0.15, 0.2) is 23.0 Å². The van der Waals surface area contributed by atoms with Crippen molar-refractivity contribution < 1.29 is 28.6 Å². The lowest BCUT2D eigenvalue weighted by Gasteiger charge is -2.67. The van der Waals surface area contributed by atoms with Crippen LogP contribution in [-0.4, -0.2) is 35.4 Å². The summed E-state index contributed by atoms with van der Waals surface area (Å²) in [5.74, 6) is -0.878. The molecule has 6 nitrogen and oxygen atoms in total. The SMILES string of the molecule is CC(=O)OC1CC(C)C(O)(CCc2ccoc2)C23CCCC(C)(C(=O)OC2)C13. The van der Waals surface area contributed by atoms with Crippen LogP contribution >= 0.6 is 0 Å². The molecule has 3 fully saturated rings. The molecule has 2 bridgehead atoms. The van der Waals surface area contributed by atoms with Crippen molar-refractivity contribution >= 4 is 11.9 Å². The highest BCUT2D eigenvalue weighted by molar-refractivity contribution is 5.78. The number of ether oxygens (including phenoxy) is 2. The van der Waals surface area contributed by atoms with E-state index in [2.05, 4.69) is 0 Å². The average molecular weight is 390 g/mol. The fourth-order valence-electron chi connectivity index (χ4n) is 6.58. The Bertz CT molecular complexity index is 757. The standard InChI is InChI=1S/C22H30O6/c1-14-11-17(28-15(2)23)18-20(3)7-4-8-21(18,13-27-19(20)24)22(14,25)9-5-16-6-10-26-12-16/h6,10,12,14,17-18,25H,4-5,7-9,11,13H2,1-3H3. The second-order valence-electron chi connectivity index (χ2n) is 9.32. The van der Waals surface area contributed by atoms with Crippen molar-refractivity contribution in [3.8, 4) is 0 Å². The van der Waals surface area contributed by atoms with Gasteiger partial charge in [-0.25, -0.2) is 0 Å². The summed E-state index contributed by atoms with van der Waals surface area (Å²) in [6.45, 7) is 5.56. The third-order valence-electron chi connectivity index (χ3n) is 7.86. The fourth-order valence-corrected chi connectivity index (χ4v) is 6.58. The van der Waals surface area contributed by atoms with Gasteiger partial charge in [-0.05, 0) is 56.6 Å². The molecule has 0 aromatic carbocycles. The minimum absolute atomic E-state index is 0.0841. The van der Waals surface area contributed by atoms with Gasteiger partial charge < -0.3 is 19.0 Å². The van der Waals surface area contributed by atoms with Gasteiger partial charge in [-0.15, -0.1) is 0 Å². The van der Waals surface area contributed by atoms with E-state index in [4.69, 9.17) is 13.9 Å². The second kappa shape index (κ2) is 6.61. The molecule has 4 rings (SSSR count). The van der Waals surface area contributed by atoms with Crippen molar-refractivity contribution in [3.63, 3.8) is 0 Å². The van der Waals surface area contributed by atoms with Crippen molar-refractivity contribution in [2.45, 2.75) is 71.0 Å². The van der Waals surface area contributed by atoms with E-state index in [1.807, 2.05) is 19.9 Å². The molecular weight excluding hydrogens is 360 g/mol. The number of carbonyl (C=O) groups excluding carboxylic acids is 2. The van der Waals surface area contributed by atoms with Crippen LogP contribution in [0.2, 0.25) is 0 Å². The highest BCUT2D eigenvalue weighted by Crippen LogP contribution is 2.66. The molecule has 1 N–H and O–H groups in total. The molecule has 6 unspecified atom stereocenters. The van der Waals surface area contributed by atoms with Crippen LogP contribution in [0, 0.1) is 22.7 Å². The zero-order chi connectivity index (χ0) is 20.2. The van der Waals surface area contributed by atoms with E-state index in [9.17, 15) is 14.7 Å². The number of hydrogen-bond acceptors (Lipinski definition) is 6. The monoisotopic (exact) mass is 390 g/mol. The molecule has 1 aliphatic heterocycles. The van der Waals surface area contributed by atoms with Crippen LogP contribution in [0.5, 0.6) is 0 Å². The first-order valence-electron chi connectivity index (χ1n) is 10.3. The number of carbonyl (C=O) groups is 2. The first-order valence-corrected chi connectivity index (χ1v) is 10.3. The first-order chi connectivity index (χ1) is 13.2. The number of aliphatic hydroxyl groups is 1. The summed E-state index contributed by atoms with van der Waals surface area (Å²) < 4.78 is 16.6. The lowest BCUT2D eigenvalue weighted by atomic mass is 9.41. The Morgan fingerprint density at radius 2 is 2.18 bits per heavy atom. The molecule has 6 heteroatoms. The number of furan rings is 1. The molecule has 28 heavy (non-hydrogen) atoms. The van der Waals surface area contributed by atoms with E-state index >= 15 is 0 Å². The van der Waals surface area contributed by atoms with E-state index in [1.165, 1.54) is 6.92 Å². The molecule has 2 aliphatic carbocycles. The summed E-state index contributed by atoms with van der Waals surface area (Å²) in [7, 11) is 0. The Hall–Kier alpha value is -1.82. The molecule has 1 aromatic heterocycles. The topological polar surface area (TPSA) is 86.0 Å². The summed E-state index contributed by atoms with van der Waals surface area (Å²) in [5, 5.41) is 12.1. The van der Waals surface area contributed by atoms with Gasteiger partial charge >= 0.3 is 11.9 Å². The molecule has 0 spiro atoms. The molecule has 2 heterocycles. The smallest absolute Gasteiger partial charge is 0.312 e. The van der Waals surface area contributed by atoms with E-state index in [0.717, 1.165) is 18.4 Å². The Labute approximate surface area is 165 Å². The van der Waals surface area contributed by atoms with Crippen molar-refractivity contribution in [2.75, 3.05) is 6.61 Å². The van der Waals surface area contributed by atoms with Gasteiger partial charge in [-0.1, -0.05) is 13.3 Å². The van der Waals surface area contributed by atoms with Gasteiger partial charge in [0.25, 0.3) is 0 Å². The number of aryl methyl sites for hydroxylation is 1. The van der Waals surface area contributed by atoms with Gasteiger partial charge in [0, 0.05) is 18.3 Å². The van der Waals surface area contributed by atoms with Crippen molar-refractivity contribution in [2.24, 2.45) is 22.7 Å². The molecule has 0 amide bonds. The highest BCUT2D eigenvalue weighted by Gasteiger charge is 2.72. The Morgan fingerprint density at radius 3 is 2.86 bits per heavy atom. The Kier molecular flexibility index (Phi) is 4.60. The van der Waals surface area contributed by atoms with Gasteiger partial charge in [0.1, 0.15) is 12.7 Å². The second-order valence-corrected chi connectivity index (χ2v) is 9.32. The van der Waals surface area contributed by atoms with Crippen LogP contribution in [0.25, 0.3) is 0 Å². The molecule has 2 saturated carbocycles. The van der Waals surface area contributed by atoms with Crippen LogP contribution in [0.1, 0.15) is 58.4 Å². The maximum atomic E-state index is 12.8. The van der Waals surface area contributed by atoms with E-state index in [-0.39, 0.29) is 36.5 Å². The van der Waals surface area contributed by atoms with Gasteiger partial charge in [-0.3, -0.25) is 9.59 Å². The molecule has 154 valence electrons. The number of hydrogen-bond donors (Lipinski definition) is 1. The predicted octanol–water partition coefficient (Wildman–Crippen LogP) is 3.26. The Morgan fingerprint density at radius 1 is 1.39 bits per heavy atom. The van der Waals surface area contributed by atoms with E-state index < -0.39 is 16.4 Å². The third-order valence-corrected chi connectivity index (χ3v) is 7.86. The van der Waals surface area contributed by atoms with Crippen LogP contribution in [0.3, 0.4) is 0 Å². The fraction of sp³-hybridized carbons (Fsp3) is 0.727. The zero-order valence-electron chi connectivity index (χ0n) is 16.9. The van der Waals surface area contributed by atoms with Gasteiger partial charge in [0.05, 0.1) is 23.5 Å². The van der Waals surface area contributed by atoms with E-state index in [1.54, 1.807) is 12.5 Å². The average Bonchev–Trinajstić information content (AvgIpc) is 3.14. The van der Waals surface area contributed by atoms with E-state index in [0.29, 0.717) is 25.7 Å². The first kappa shape index (κ1) is 19.5. The quantitative estimate of drug-likeness (QED) is 0.794. The summed E-state index contributed by atoms with van der Waals surface area (Å²) >= 11 is 0. The largest absolute Gasteiger partial charge is 0.472 e. The maximum absolute atomic E-state index is 12.8. The molecule has 1 aromatic rings. The number of rotatable bonds is 4. The van der Waals surface area contributed by atoms with Gasteiger partial charge in [-0.2, -0.15) is 0 Å². The number of cyclic esters (lactones) is 1. The molecular formula is C22H30O6. The molecule has 6 atom stereocenters. The van der Waals surface area contributed by atoms with Gasteiger partial charge in [0.2, 0.25) is 0 Å². The van der Waals surface area contributed by atoms with Crippen molar-refractivity contribution in [1.82, 2.24) is 0 Å². The maximum Gasteiger partial charge on any atom is 0.312 e. The summed E-state index contributed by atoms with van der Waals surface area (Å²) in [6, 6.07) is 1.92. The molecule has 1 saturated heterocycles. The lowest BCUT2D eigenvalue weighted by molar-refractivity contribution is -0.291. The zero-order valence-corrected chi connectivity index (χ0v) is 16.9. The Balaban J connectivity index is 1.76. The van der Waals surface area contributed by atoms with Crippen molar-refractivity contribution in [3.05, 3.63) is 24.2 Å². The molecule has 0 radical (unpaired) electrons. The number of esters is 2. The lowest BCUT2D eigenvalue weighted by Crippen LogP contribution is -2.73. The van der Waals surface area contributed by atoms with Crippen LogP contribution in [0.4, 0.5) is 0 Å². The summed E-state index contributed by atoms with van der Waals surface area (Å²) in [6.07, 6.45) is 7.10. The van der Waals surface area contributed by atoms with Crippen LogP contribution in [-0.2, 0) is 25.5 Å². The normalized spacial score (nSPS) is 42.4. The predicted molar refractivity (Wildman–Crippen MR) is 100 cm³/mol. The highest BCUT2D eigenvalue weighted by atomic mass is 16.6. The molecule has 3 aliphatic rings. The van der Waals surface area contributed by atoms with Crippen molar-refractivity contribution in [1.29, 1.82) is 0 Å². The third kappa shape index (κ3) is 2.64. The minimum atomic E-state index is -1.01. The van der Waals surface area contributed by atoms with Gasteiger partial charge in [0.15, 0.2) is 0 Å². The van der Waals surface area contributed by atoms with Crippen LogP contribution < -0.4 is 0 Å². The summed E-state index contributed by atoms with van der Waals surface area (Å²) in [5.41, 5.74) is -1.30.